The summed E-state index contributed by atoms with van der Waals surface area (Å²) in [4.78, 5) is 11.2. The molecule has 0 aliphatic carbocycles. The summed E-state index contributed by atoms with van der Waals surface area (Å²) < 4.78 is 0. The van der Waals surface area contributed by atoms with Gasteiger partial charge in [-0.1, -0.05) is 25.4 Å². The van der Waals surface area contributed by atoms with Crippen LogP contribution in [0.15, 0.2) is 6.07 Å². The molecule has 94 valence electrons. The molecule has 0 saturated carbocycles. The molecule has 0 N–H and O–H groups in total. The fraction of sp³-hybridized carbons (Fsp3) is 0.692. The second-order valence-electron chi connectivity index (χ2n) is 4.87. The van der Waals surface area contributed by atoms with Crippen molar-refractivity contribution in [1.82, 2.24) is 9.97 Å². The number of anilines is 1. The molecule has 1 aromatic heterocycles. The monoisotopic (exact) mass is 253 g/mol. The minimum absolute atomic E-state index is 0.527. The summed E-state index contributed by atoms with van der Waals surface area (Å²) in [6, 6.07) is 2.41. The molecule has 0 spiro atoms. The molecule has 3 nitrogen and oxygen atoms in total. The van der Waals surface area contributed by atoms with Gasteiger partial charge in [-0.25, -0.2) is 9.97 Å². The van der Waals surface area contributed by atoms with Gasteiger partial charge in [0.15, 0.2) is 0 Å². The Morgan fingerprint density at radius 3 is 2.88 bits per heavy atom. The maximum Gasteiger partial charge on any atom is 0.134 e. The standard InChI is InChI=1S/C13H20ClN3/c1-4-12-15-11(14)8-13(16-12)17-7-5-6-9(2)10(17)3/h8-10H,4-7H2,1-3H3. The van der Waals surface area contributed by atoms with Crippen LogP contribution in [0.1, 0.15) is 39.4 Å². The Hall–Kier alpha value is -0.830. The molecule has 1 saturated heterocycles. The van der Waals surface area contributed by atoms with Gasteiger partial charge in [0.05, 0.1) is 0 Å². The Kier molecular flexibility index (Phi) is 3.87. The van der Waals surface area contributed by atoms with Crippen molar-refractivity contribution in [3.8, 4) is 0 Å². The summed E-state index contributed by atoms with van der Waals surface area (Å²) in [5, 5.41) is 0.553. The molecule has 4 heteroatoms. The first-order chi connectivity index (χ1) is 8.11. The van der Waals surface area contributed by atoms with Crippen LogP contribution in [-0.2, 0) is 6.42 Å². The maximum atomic E-state index is 6.05. The zero-order valence-corrected chi connectivity index (χ0v) is 11.5. The van der Waals surface area contributed by atoms with Crippen molar-refractivity contribution in [3.63, 3.8) is 0 Å². The van der Waals surface area contributed by atoms with Gasteiger partial charge in [0.2, 0.25) is 0 Å². The van der Waals surface area contributed by atoms with E-state index in [1.54, 1.807) is 0 Å². The molecule has 2 rings (SSSR count). The number of hydrogen-bond acceptors (Lipinski definition) is 3. The highest BCUT2D eigenvalue weighted by molar-refractivity contribution is 6.29. The molecule has 1 aliphatic heterocycles. The molecule has 0 aromatic carbocycles. The van der Waals surface area contributed by atoms with E-state index in [0.29, 0.717) is 17.1 Å². The van der Waals surface area contributed by atoms with E-state index in [1.807, 2.05) is 6.07 Å². The number of aryl methyl sites for hydroxylation is 1. The minimum atomic E-state index is 0.527. The quantitative estimate of drug-likeness (QED) is 0.758. The minimum Gasteiger partial charge on any atom is -0.353 e. The van der Waals surface area contributed by atoms with Crippen LogP contribution in [0.4, 0.5) is 5.82 Å². The van der Waals surface area contributed by atoms with Crippen LogP contribution in [0.3, 0.4) is 0 Å². The highest BCUT2D eigenvalue weighted by Crippen LogP contribution is 2.28. The van der Waals surface area contributed by atoms with Crippen LogP contribution in [0.25, 0.3) is 0 Å². The third-order valence-corrected chi connectivity index (χ3v) is 3.91. The van der Waals surface area contributed by atoms with Crippen molar-refractivity contribution in [3.05, 3.63) is 17.0 Å². The number of hydrogen-bond donors (Lipinski definition) is 0. The average molecular weight is 254 g/mol. The molecule has 2 heterocycles. The van der Waals surface area contributed by atoms with Gasteiger partial charge in [-0.2, -0.15) is 0 Å². The largest absolute Gasteiger partial charge is 0.353 e. The lowest BCUT2D eigenvalue weighted by Crippen LogP contribution is -2.43. The number of rotatable bonds is 2. The van der Waals surface area contributed by atoms with Gasteiger partial charge in [0.1, 0.15) is 16.8 Å². The smallest absolute Gasteiger partial charge is 0.134 e. The van der Waals surface area contributed by atoms with Gasteiger partial charge in [-0.15, -0.1) is 0 Å². The topological polar surface area (TPSA) is 29.0 Å². The molecular weight excluding hydrogens is 234 g/mol. The molecule has 1 aromatic rings. The SMILES string of the molecule is CCc1nc(Cl)cc(N2CCCC(C)C2C)n1. The molecular formula is C13H20ClN3. The van der Waals surface area contributed by atoms with E-state index in [0.717, 1.165) is 24.6 Å². The van der Waals surface area contributed by atoms with Gasteiger partial charge < -0.3 is 4.90 Å². The second kappa shape index (κ2) is 5.21. The first kappa shape index (κ1) is 12.6. The van der Waals surface area contributed by atoms with Crippen molar-refractivity contribution in [2.45, 2.75) is 46.1 Å². The Morgan fingerprint density at radius 1 is 1.41 bits per heavy atom. The molecule has 0 bridgehead atoms. The van der Waals surface area contributed by atoms with Crippen molar-refractivity contribution >= 4 is 17.4 Å². The number of nitrogens with zero attached hydrogens (tertiary/aromatic N) is 3. The summed E-state index contributed by atoms with van der Waals surface area (Å²) >= 11 is 6.05. The van der Waals surface area contributed by atoms with Gasteiger partial charge in [0, 0.05) is 25.1 Å². The Morgan fingerprint density at radius 2 is 2.18 bits per heavy atom. The van der Waals surface area contributed by atoms with E-state index >= 15 is 0 Å². The summed E-state index contributed by atoms with van der Waals surface area (Å²) in [6.07, 6.45) is 3.36. The van der Waals surface area contributed by atoms with Crippen molar-refractivity contribution in [2.75, 3.05) is 11.4 Å². The van der Waals surface area contributed by atoms with E-state index < -0.39 is 0 Å². The van der Waals surface area contributed by atoms with E-state index in [4.69, 9.17) is 11.6 Å². The fourth-order valence-electron chi connectivity index (χ4n) is 2.42. The molecule has 2 unspecified atom stereocenters. The van der Waals surface area contributed by atoms with Crippen LogP contribution in [0.2, 0.25) is 5.15 Å². The molecule has 1 aliphatic rings. The maximum absolute atomic E-state index is 6.05. The van der Waals surface area contributed by atoms with Crippen LogP contribution in [-0.4, -0.2) is 22.6 Å². The van der Waals surface area contributed by atoms with Crippen LogP contribution in [0, 0.1) is 5.92 Å². The van der Waals surface area contributed by atoms with Gasteiger partial charge in [0.25, 0.3) is 0 Å². The summed E-state index contributed by atoms with van der Waals surface area (Å²) in [7, 11) is 0. The van der Waals surface area contributed by atoms with Gasteiger partial charge in [-0.05, 0) is 25.7 Å². The van der Waals surface area contributed by atoms with Crippen LogP contribution >= 0.6 is 11.6 Å². The average Bonchev–Trinajstić information content (AvgIpc) is 2.31. The number of aromatic nitrogens is 2. The first-order valence-electron chi connectivity index (χ1n) is 6.42. The number of halogens is 1. The Bertz CT molecular complexity index is 394. The van der Waals surface area contributed by atoms with Gasteiger partial charge in [-0.3, -0.25) is 0 Å². The van der Waals surface area contributed by atoms with E-state index in [9.17, 15) is 0 Å². The lowest BCUT2D eigenvalue weighted by atomic mass is 9.92. The molecule has 0 amide bonds. The highest BCUT2D eigenvalue weighted by Gasteiger charge is 2.26. The highest BCUT2D eigenvalue weighted by atomic mass is 35.5. The van der Waals surface area contributed by atoms with E-state index in [2.05, 4.69) is 35.6 Å². The first-order valence-corrected chi connectivity index (χ1v) is 6.79. The Balaban J connectivity index is 2.29. The predicted octanol–water partition coefficient (Wildman–Crippen LogP) is 3.32. The molecule has 17 heavy (non-hydrogen) atoms. The van der Waals surface area contributed by atoms with Crippen molar-refractivity contribution in [1.29, 1.82) is 0 Å². The molecule has 2 atom stereocenters. The molecule has 0 radical (unpaired) electrons. The third kappa shape index (κ3) is 2.71. The Labute approximate surface area is 108 Å². The lowest BCUT2D eigenvalue weighted by molar-refractivity contribution is 0.361. The predicted molar refractivity (Wildman–Crippen MR) is 71.6 cm³/mol. The zero-order valence-electron chi connectivity index (χ0n) is 10.8. The molecule has 1 fully saturated rings. The number of piperidine rings is 1. The summed E-state index contributed by atoms with van der Waals surface area (Å²) in [5.74, 6) is 2.53. The lowest BCUT2D eigenvalue weighted by Gasteiger charge is -2.38. The summed E-state index contributed by atoms with van der Waals surface area (Å²) in [6.45, 7) is 7.70. The zero-order chi connectivity index (χ0) is 12.4. The van der Waals surface area contributed by atoms with Crippen molar-refractivity contribution in [2.24, 2.45) is 5.92 Å². The fourth-order valence-corrected chi connectivity index (χ4v) is 2.61. The van der Waals surface area contributed by atoms with Crippen LogP contribution < -0.4 is 4.90 Å². The second-order valence-corrected chi connectivity index (χ2v) is 5.26. The van der Waals surface area contributed by atoms with Crippen LogP contribution in [0.5, 0.6) is 0 Å². The van der Waals surface area contributed by atoms with E-state index in [-0.39, 0.29) is 0 Å². The van der Waals surface area contributed by atoms with Crippen molar-refractivity contribution < 1.29 is 0 Å². The normalized spacial score (nSPS) is 25.1. The van der Waals surface area contributed by atoms with E-state index in [1.165, 1.54) is 12.8 Å². The third-order valence-electron chi connectivity index (χ3n) is 3.71. The summed E-state index contributed by atoms with van der Waals surface area (Å²) in [5.41, 5.74) is 0. The van der Waals surface area contributed by atoms with Gasteiger partial charge >= 0.3 is 0 Å².